The van der Waals surface area contributed by atoms with Gasteiger partial charge in [0.2, 0.25) is 0 Å². The smallest absolute Gasteiger partial charge is 0.409 e. The number of esters is 1. The van der Waals surface area contributed by atoms with Crippen molar-refractivity contribution in [2.45, 2.75) is 25.8 Å². The summed E-state index contributed by atoms with van der Waals surface area (Å²) in [5, 5.41) is 6.05. The topological polar surface area (TPSA) is 97.0 Å². The van der Waals surface area contributed by atoms with Gasteiger partial charge in [-0.15, -0.1) is 0 Å². The van der Waals surface area contributed by atoms with E-state index < -0.39 is 5.97 Å². The highest BCUT2D eigenvalue weighted by Crippen LogP contribution is 2.21. The zero-order valence-corrected chi connectivity index (χ0v) is 17.5. The molecule has 0 aromatic heterocycles. The maximum Gasteiger partial charge on any atom is 0.409 e. The van der Waals surface area contributed by atoms with Gasteiger partial charge in [-0.3, -0.25) is 4.79 Å². The molecule has 0 saturated carbocycles. The second kappa shape index (κ2) is 11.0. The number of piperidine rings is 1. The molecule has 1 heterocycles. The second-order valence-electron chi connectivity index (χ2n) is 7.14. The molecular formula is C23H27N3O5. The number of hydrogen-bond acceptors (Lipinski definition) is 6. The number of carbonyl (C=O) groups is 3. The Hall–Kier alpha value is -3.55. The summed E-state index contributed by atoms with van der Waals surface area (Å²) < 4.78 is 10.2. The van der Waals surface area contributed by atoms with Crippen LogP contribution < -0.4 is 10.6 Å². The lowest BCUT2D eigenvalue weighted by atomic mass is 10.1. The Balaban J connectivity index is 1.47. The van der Waals surface area contributed by atoms with Crippen molar-refractivity contribution in [2.24, 2.45) is 0 Å². The first-order chi connectivity index (χ1) is 15.1. The Morgan fingerprint density at radius 2 is 1.65 bits per heavy atom. The van der Waals surface area contributed by atoms with E-state index >= 15 is 0 Å². The lowest BCUT2D eigenvalue weighted by Gasteiger charge is -2.31. The molecule has 1 saturated heterocycles. The van der Waals surface area contributed by atoms with Crippen molar-refractivity contribution in [1.82, 2.24) is 10.2 Å². The summed E-state index contributed by atoms with van der Waals surface area (Å²) in [6.07, 6.45) is 0.925. The zero-order valence-electron chi connectivity index (χ0n) is 17.5. The molecule has 2 amide bonds. The van der Waals surface area contributed by atoms with Crippen LogP contribution in [0.1, 0.15) is 30.1 Å². The van der Waals surface area contributed by atoms with Gasteiger partial charge in [0, 0.05) is 24.8 Å². The van der Waals surface area contributed by atoms with Crippen molar-refractivity contribution < 1.29 is 23.9 Å². The van der Waals surface area contributed by atoms with Crippen LogP contribution in [0.3, 0.4) is 0 Å². The number of para-hydroxylation sites is 2. The number of amides is 2. The summed E-state index contributed by atoms with van der Waals surface area (Å²) in [7, 11) is 0. The van der Waals surface area contributed by atoms with Crippen LogP contribution in [-0.4, -0.2) is 55.2 Å². The van der Waals surface area contributed by atoms with E-state index in [4.69, 9.17) is 9.47 Å². The van der Waals surface area contributed by atoms with E-state index in [1.165, 1.54) is 0 Å². The average molecular weight is 425 g/mol. The summed E-state index contributed by atoms with van der Waals surface area (Å²) in [6, 6.07) is 16.4. The third kappa shape index (κ3) is 6.47. The normalized spacial score (nSPS) is 13.9. The van der Waals surface area contributed by atoms with E-state index in [9.17, 15) is 14.4 Å². The number of ether oxygens (including phenoxy) is 2. The van der Waals surface area contributed by atoms with Gasteiger partial charge in [0.25, 0.3) is 5.91 Å². The van der Waals surface area contributed by atoms with Crippen LogP contribution in [0.25, 0.3) is 0 Å². The highest BCUT2D eigenvalue weighted by molar-refractivity contribution is 5.97. The highest BCUT2D eigenvalue weighted by atomic mass is 16.6. The summed E-state index contributed by atoms with van der Waals surface area (Å²) >= 11 is 0. The Kier molecular flexibility index (Phi) is 7.86. The summed E-state index contributed by atoms with van der Waals surface area (Å²) in [5.74, 6) is -0.942. The van der Waals surface area contributed by atoms with Gasteiger partial charge in [0.1, 0.15) is 0 Å². The van der Waals surface area contributed by atoms with Crippen molar-refractivity contribution in [2.75, 3.05) is 31.6 Å². The van der Waals surface area contributed by atoms with E-state index in [1.807, 2.05) is 36.4 Å². The van der Waals surface area contributed by atoms with Crippen LogP contribution in [0.2, 0.25) is 0 Å². The molecular weight excluding hydrogens is 398 g/mol. The fourth-order valence-electron chi connectivity index (χ4n) is 3.35. The quantitative estimate of drug-likeness (QED) is 0.661. The predicted molar refractivity (Wildman–Crippen MR) is 116 cm³/mol. The first kappa shape index (κ1) is 22.1. The van der Waals surface area contributed by atoms with Gasteiger partial charge >= 0.3 is 12.1 Å². The molecule has 0 bridgehead atoms. The largest absolute Gasteiger partial charge is 0.452 e. The number of anilines is 2. The van der Waals surface area contributed by atoms with Gasteiger partial charge in [-0.2, -0.15) is 0 Å². The van der Waals surface area contributed by atoms with E-state index in [0.717, 1.165) is 5.69 Å². The third-order valence-corrected chi connectivity index (χ3v) is 4.92. The molecule has 8 nitrogen and oxygen atoms in total. The van der Waals surface area contributed by atoms with Gasteiger partial charge in [-0.25, -0.2) is 9.59 Å². The molecule has 0 radical (unpaired) electrons. The fraction of sp³-hybridized carbons (Fsp3) is 0.348. The predicted octanol–water partition coefficient (Wildman–Crippen LogP) is 3.32. The molecule has 0 atom stereocenters. The Morgan fingerprint density at radius 1 is 0.968 bits per heavy atom. The van der Waals surface area contributed by atoms with Crippen molar-refractivity contribution in [3.63, 3.8) is 0 Å². The van der Waals surface area contributed by atoms with Crippen LogP contribution >= 0.6 is 0 Å². The number of hydrogen-bond donors (Lipinski definition) is 2. The summed E-state index contributed by atoms with van der Waals surface area (Å²) in [6.45, 7) is 2.77. The number of carbonyl (C=O) groups excluding carboxylic acids is 3. The number of nitrogens with zero attached hydrogens (tertiary/aromatic N) is 1. The summed E-state index contributed by atoms with van der Waals surface area (Å²) in [5.41, 5.74) is 1.79. The Labute approximate surface area is 181 Å². The molecule has 2 aromatic carbocycles. The number of likely N-dealkylation sites (tertiary alicyclic amines) is 1. The van der Waals surface area contributed by atoms with Crippen LogP contribution in [0, 0.1) is 0 Å². The molecule has 1 aliphatic heterocycles. The van der Waals surface area contributed by atoms with Crippen molar-refractivity contribution in [3.05, 3.63) is 60.2 Å². The summed E-state index contributed by atoms with van der Waals surface area (Å²) in [4.78, 5) is 38.1. The fourth-order valence-corrected chi connectivity index (χ4v) is 3.35. The van der Waals surface area contributed by atoms with Crippen LogP contribution in [0.4, 0.5) is 16.2 Å². The van der Waals surface area contributed by atoms with Crippen LogP contribution in [-0.2, 0) is 14.3 Å². The van der Waals surface area contributed by atoms with E-state index in [-0.39, 0.29) is 24.6 Å². The third-order valence-electron chi connectivity index (χ3n) is 4.92. The molecule has 2 aromatic rings. The van der Waals surface area contributed by atoms with E-state index in [0.29, 0.717) is 43.8 Å². The Bertz CT molecular complexity index is 895. The highest BCUT2D eigenvalue weighted by Gasteiger charge is 2.25. The number of rotatable bonds is 7. The molecule has 8 heteroatoms. The van der Waals surface area contributed by atoms with Crippen molar-refractivity contribution in [3.8, 4) is 0 Å². The standard InChI is InChI=1S/C23H27N3O5/c1-2-30-23(29)26-14-12-18(13-15-26)25-21(27)16-31-22(28)19-10-6-7-11-20(19)24-17-8-4-3-5-9-17/h3-11,18,24H,2,12-16H2,1H3,(H,25,27). The van der Waals surface area contributed by atoms with Gasteiger partial charge in [0.15, 0.2) is 6.61 Å². The molecule has 0 spiro atoms. The first-order valence-corrected chi connectivity index (χ1v) is 10.4. The van der Waals surface area contributed by atoms with Gasteiger partial charge in [0.05, 0.1) is 17.9 Å². The van der Waals surface area contributed by atoms with E-state index in [2.05, 4.69) is 10.6 Å². The lowest BCUT2D eigenvalue weighted by molar-refractivity contribution is -0.125. The molecule has 3 rings (SSSR count). The molecule has 0 unspecified atom stereocenters. The van der Waals surface area contributed by atoms with Crippen LogP contribution in [0.15, 0.2) is 54.6 Å². The number of benzene rings is 2. The average Bonchev–Trinajstić information content (AvgIpc) is 2.79. The van der Waals surface area contributed by atoms with Crippen molar-refractivity contribution in [1.29, 1.82) is 0 Å². The van der Waals surface area contributed by atoms with Gasteiger partial charge < -0.3 is 25.0 Å². The molecule has 164 valence electrons. The lowest BCUT2D eigenvalue weighted by Crippen LogP contribution is -2.47. The molecule has 2 N–H and O–H groups in total. The molecule has 1 aliphatic rings. The minimum Gasteiger partial charge on any atom is -0.452 e. The molecule has 1 fully saturated rings. The monoisotopic (exact) mass is 425 g/mol. The second-order valence-corrected chi connectivity index (χ2v) is 7.14. The van der Waals surface area contributed by atoms with Crippen molar-refractivity contribution >= 4 is 29.3 Å². The van der Waals surface area contributed by atoms with E-state index in [1.54, 1.807) is 30.0 Å². The number of nitrogens with one attached hydrogen (secondary N) is 2. The molecule has 0 aliphatic carbocycles. The minimum atomic E-state index is -0.577. The minimum absolute atomic E-state index is 0.0658. The maximum absolute atomic E-state index is 12.5. The molecule has 31 heavy (non-hydrogen) atoms. The Morgan fingerprint density at radius 3 is 2.35 bits per heavy atom. The zero-order chi connectivity index (χ0) is 22.1. The van der Waals surface area contributed by atoms with Gasteiger partial charge in [-0.05, 0) is 44.0 Å². The SMILES string of the molecule is CCOC(=O)N1CCC(NC(=O)COC(=O)c2ccccc2Nc2ccccc2)CC1. The van der Waals surface area contributed by atoms with Gasteiger partial charge in [-0.1, -0.05) is 30.3 Å². The van der Waals surface area contributed by atoms with Crippen LogP contribution in [0.5, 0.6) is 0 Å². The maximum atomic E-state index is 12.5. The first-order valence-electron chi connectivity index (χ1n) is 10.4.